The van der Waals surface area contributed by atoms with E-state index in [0.29, 0.717) is 0 Å². The Morgan fingerprint density at radius 3 is 2.56 bits per heavy atom. The molecule has 0 saturated carbocycles. The van der Waals surface area contributed by atoms with Gasteiger partial charge in [-0.25, -0.2) is 0 Å². The summed E-state index contributed by atoms with van der Waals surface area (Å²) in [7, 11) is 0. The Bertz CT molecular complexity index is 1160. The first-order valence-electron chi connectivity index (χ1n) is 9.83. The number of aliphatic carboxylic acids is 1. The molecule has 34 heavy (non-hydrogen) atoms. The highest BCUT2D eigenvalue weighted by atomic mass is 35.5. The molecular formula is C21H18ClF3N4O5. The number of benzene rings is 1. The summed E-state index contributed by atoms with van der Waals surface area (Å²) in [5.74, 6) is -3.78. The quantitative estimate of drug-likeness (QED) is 0.510. The summed E-state index contributed by atoms with van der Waals surface area (Å²) in [4.78, 5) is 52.7. The third-order valence-corrected chi connectivity index (χ3v) is 5.52. The first-order chi connectivity index (χ1) is 15.9. The Kier molecular flexibility index (Phi) is 7.10. The molecule has 9 nitrogen and oxygen atoms in total. The van der Waals surface area contributed by atoms with E-state index >= 15 is 0 Å². The molecule has 0 fully saturated rings. The first kappa shape index (κ1) is 25.0. The predicted octanol–water partition coefficient (Wildman–Crippen LogP) is 2.44. The Labute approximate surface area is 195 Å². The van der Waals surface area contributed by atoms with Crippen LogP contribution in [0, 0.1) is 0 Å². The van der Waals surface area contributed by atoms with E-state index in [0.717, 1.165) is 11.1 Å². The summed E-state index contributed by atoms with van der Waals surface area (Å²) in [5.41, 5.74) is 4.98. The number of nitrogens with zero attached hydrogens (tertiary/aromatic N) is 2. The van der Waals surface area contributed by atoms with E-state index < -0.39 is 54.1 Å². The SMILES string of the molecule is NC(=O)C(CCC(=O)O)N1Cc2cc(C(=O)N[C@H](c3ncccc3Cl)C(F)(F)F)ccc2C1=O. The number of carboxylic acids is 1. The maximum atomic E-state index is 13.6. The highest BCUT2D eigenvalue weighted by Crippen LogP contribution is 2.35. The molecule has 3 amide bonds. The number of carbonyl (C=O) groups is 4. The molecule has 1 aliphatic rings. The van der Waals surface area contributed by atoms with Gasteiger partial charge in [0.15, 0.2) is 6.04 Å². The molecular weight excluding hydrogens is 481 g/mol. The van der Waals surface area contributed by atoms with Crippen LogP contribution < -0.4 is 11.1 Å². The minimum atomic E-state index is -4.89. The fraction of sp³-hybridized carbons (Fsp3) is 0.286. The Morgan fingerprint density at radius 1 is 1.26 bits per heavy atom. The second-order valence-electron chi connectivity index (χ2n) is 7.47. The minimum absolute atomic E-state index is 0.123. The average Bonchev–Trinajstić information content (AvgIpc) is 3.07. The predicted molar refractivity (Wildman–Crippen MR) is 112 cm³/mol. The lowest BCUT2D eigenvalue weighted by Crippen LogP contribution is -2.45. The van der Waals surface area contributed by atoms with Crippen LogP contribution in [-0.2, 0) is 16.1 Å². The molecule has 0 radical (unpaired) electrons. The molecule has 4 N–H and O–H groups in total. The zero-order valence-corrected chi connectivity index (χ0v) is 18.1. The van der Waals surface area contributed by atoms with Gasteiger partial charge in [0.1, 0.15) is 6.04 Å². The number of pyridine rings is 1. The van der Waals surface area contributed by atoms with Gasteiger partial charge in [-0.2, -0.15) is 13.2 Å². The highest BCUT2D eigenvalue weighted by molar-refractivity contribution is 6.31. The molecule has 2 heterocycles. The molecule has 180 valence electrons. The topological polar surface area (TPSA) is 143 Å². The Hall–Kier alpha value is -3.67. The van der Waals surface area contributed by atoms with Gasteiger partial charge in [0.25, 0.3) is 11.8 Å². The van der Waals surface area contributed by atoms with Gasteiger partial charge in [-0.1, -0.05) is 11.6 Å². The van der Waals surface area contributed by atoms with E-state index in [1.807, 2.05) is 5.32 Å². The molecule has 1 aliphatic heterocycles. The molecule has 0 saturated heterocycles. The van der Waals surface area contributed by atoms with Crippen molar-refractivity contribution in [3.63, 3.8) is 0 Å². The maximum absolute atomic E-state index is 13.6. The molecule has 0 aliphatic carbocycles. The van der Waals surface area contributed by atoms with Gasteiger partial charge in [0.05, 0.1) is 10.7 Å². The Balaban J connectivity index is 1.84. The van der Waals surface area contributed by atoms with Crippen LogP contribution in [0.4, 0.5) is 13.2 Å². The summed E-state index contributed by atoms with van der Waals surface area (Å²) in [5, 5.41) is 10.5. The zero-order valence-electron chi connectivity index (χ0n) is 17.3. The Morgan fingerprint density at radius 2 is 1.97 bits per heavy atom. The largest absolute Gasteiger partial charge is 0.481 e. The number of fused-ring (bicyclic) bond motifs is 1. The van der Waals surface area contributed by atoms with Crippen LogP contribution in [0.1, 0.15) is 50.9 Å². The summed E-state index contributed by atoms with van der Waals surface area (Å²) in [6, 6.07) is 2.53. The summed E-state index contributed by atoms with van der Waals surface area (Å²) < 4.78 is 40.9. The van der Waals surface area contributed by atoms with Crippen LogP contribution in [0.5, 0.6) is 0 Å². The number of nitrogens with two attached hydrogens (primary N) is 1. The number of alkyl halides is 3. The van der Waals surface area contributed by atoms with Crippen LogP contribution in [0.15, 0.2) is 36.5 Å². The molecule has 0 spiro atoms. The van der Waals surface area contributed by atoms with Crippen LogP contribution in [0.25, 0.3) is 0 Å². The maximum Gasteiger partial charge on any atom is 0.414 e. The van der Waals surface area contributed by atoms with Gasteiger partial charge in [-0.3, -0.25) is 24.2 Å². The van der Waals surface area contributed by atoms with Gasteiger partial charge in [-0.15, -0.1) is 0 Å². The summed E-state index contributed by atoms with van der Waals surface area (Å²) in [6.45, 7) is -0.169. The van der Waals surface area contributed by atoms with Gasteiger partial charge >= 0.3 is 12.1 Å². The van der Waals surface area contributed by atoms with Crippen molar-refractivity contribution in [2.75, 3.05) is 0 Å². The van der Waals surface area contributed by atoms with E-state index in [2.05, 4.69) is 4.98 Å². The zero-order chi connectivity index (χ0) is 25.2. The molecule has 2 atom stereocenters. The second-order valence-corrected chi connectivity index (χ2v) is 7.88. The van der Waals surface area contributed by atoms with E-state index in [1.54, 1.807) is 0 Å². The molecule has 1 unspecified atom stereocenters. The fourth-order valence-electron chi connectivity index (χ4n) is 3.58. The number of amides is 3. The van der Waals surface area contributed by atoms with Crippen molar-refractivity contribution in [3.8, 4) is 0 Å². The van der Waals surface area contributed by atoms with E-state index in [4.69, 9.17) is 22.4 Å². The standard InChI is InChI=1S/C21H18ClF3N4O5/c22-13-2-1-7-27-16(13)17(21(23,24)25)28-19(33)10-3-4-12-11(8-10)9-29(20(12)34)14(18(26)32)5-6-15(30)31/h1-4,7-8,14,17H,5-6,9H2,(H2,26,32)(H,28,33)(H,30,31)/t14?,17-/m1/s1. The van der Waals surface area contributed by atoms with Crippen molar-refractivity contribution >= 4 is 35.3 Å². The first-order valence-corrected chi connectivity index (χ1v) is 10.2. The van der Waals surface area contributed by atoms with Crippen LogP contribution in [0.3, 0.4) is 0 Å². The molecule has 0 bridgehead atoms. The lowest BCUT2D eigenvalue weighted by Gasteiger charge is -2.24. The van der Waals surface area contributed by atoms with Crippen molar-refractivity contribution in [2.24, 2.45) is 5.73 Å². The number of hydrogen-bond donors (Lipinski definition) is 3. The molecule has 3 rings (SSSR count). The van der Waals surface area contributed by atoms with Gasteiger partial charge < -0.3 is 21.1 Å². The molecule has 13 heteroatoms. The van der Waals surface area contributed by atoms with Crippen molar-refractivity contribution in [3.05, 3.63) is 63.9 Å². The molecule has 1 aromatic carbocycles. The number of aromatic nitrogens is 1. The van der Waals surface area contributed by atoms with Crippen LogP contribution >= 0.6 is 11.6 Å². The number of carboxylic acid groups (broad SMARTS) is 1. The third kappa shape index (κ3) is 5.28. The van der Waals surface area contributed by atoms with Crippen molar-refractivity contribution < 1.29 is 37.5 Å². The number of primary amides is 1. The van der Waals surface area contributed by atoms with Crippen LogP contribution in [-0.4, -0.2) is 50.9 Å². The molecule has 2 aromatic rings. The summed E-state index contributed by atoms with van der Waals surface area (Å²) >= 11 is 5.83. The highest BCUT2D eigenvalue weighted by Gasteiger charge is 2.44. The number of rotatable bonds is 8. The normalized spacial score (nSPS) is 14.9. The number of hydrogen-bond acceptors (Lipinski definition) is 5. The van der Waals surface area contributed by atoms with E-state index in [-0.39, 0.29) is 34.7 Å². The molecule has 1 aromatic heterocycles. The van der Waals surface area contributed by atoms with Crippen molar-refractivity contribution in [1.29, 1.82) is 0 Å². The lowest BCUT2D eigenvalue weighted by molar-refractivity contribution is -0.156. The summed E-state index contributed by atoms with van der Waals surface area (Å²) in [6.07, 6.45) is -4.40. The minimum Gasteiger partial charge on any atom is -0.481 e. The number of halogens is 4. The van der Waals surface area contributed by atoms with Crippen molar-refractivity contribution in [1.82, 2.24) is 15.2 Å². The smallest absolute Gasteiger partial charge is 0.414 e. The number of carbonyl (C=O) groups excluding carboxylic acids is 3. The van der Waals surface area contributed by atoms with Gasteiger partial charge in [-0.05, 0) is 42.3 Å². The fourth-order valence-corrected chi connectivity index (χ4v) is 3.81. The number of nitrogens with one attached hydrogen (secondary N) is 1. The van der Waals surface area contributed by atoms with Crippen LogP contribution in [0.2, 0.25) is 5.02 Å². The second kappa shape index (κ2) is 9.67. The van der Waals surface area contributed by atoms with Crippen molar-refractivity contribution in [2.45, 2.75) is 37.6 Å². The van der Waals surface area contributed by atoms with Gasteiger partial charge in [0, 0.05) is 30.3 Å². The monoisotopic (exact) mass is 498 g/mol. The third-order valence-electron chi connectivity index (χ3n) is 5.20. The lowest BCUT2D eigenvalue weighted by atomic mass is 10.0. The van der Waals surface area contributed by atoms with Gasteiger partial charge in [0.2, 0.25) is 5.91 Å². The van der Waals surface area contributed by atoms with E-state index in [9.17, 15) is 32.3 Å². The average molecular weight is 499 g/mol. The van der Waals surface area contributed by atoms with E-state index in [1.165, 1.54) is 30.3 Å².